The van der Waals surface area contributed by atoms with Gasteiger partial charge in [0.25, 0.3) is 0 Å². The van der Waals surface area contributed by atoms with E-state index in [-0.39, 0.29) is 23.7 Å². The molecule has 0 radical (unpaired) electrons. The number of rotatable bonds is 7. The van der Waals surface area contributed by atoms with Gasteiger partial charge < -0.3 is 10.1 Å². The van der Waals surface area contributed by atoms with Crippen LogP contribution in [0, 0.1) is 18.7 Å². The van der Waals surface area contributed by atoms with Crippen molar-refractivity contribution in [2.45, 2.75) is 39.8 Å². The molecule has 1 heterocycles. The summed E-state index contributed by atoms with van der Waals surface area (Å²) < 4.78 is 21.5. The molecule has 3 aromatic carbocycles. The minimum absolute atomic E-state index is 0.0391. The van der Waals surface area contributed by atoms with Crippen LogP contribution in [0.4, 0.5) is 4.39 Å². The molecule has 1 amide bonds. The molecule has 1 aromatic heterocycles. The summed E-state index contributed by atoms with van der Waals surface area (Å²) >= 11 is 6.24. The van der Waals surface area contributed by atoms with Gasteiger partial charge in [0.1, 0.15) is 17.7 Å². The SMILES string of the molecule is Cc1cc([C@@H](Oc2ccc3c(cnn3-c3ccc(F)cc3)c2)[C@H](C)NC(=O)C(C)C)ccc1Cl. The summed E-state index contributed by atoms with van der Waals surface area (Å²) in [6, 6.07) is 17.4. The third kappa shape index (κ3) is 5.07. The largest absolute Gasteiger partial charge is 0.484 e. The number of fused-ring (bicyclic) bond motifs is 1. The molecule has 0 aliphatic heterocycles. The molecule has 4 aromatic rings. The third-order valence-electron chi connectivity index (χ3n) is 5.73. The quantitative estimate of drug-likeness (QED) is 0.333. The Bertz CT molecular complexity index is 1320. The summed E-state index contributed by atoms with van der Waals surface area (Å²) in [6.45, 7) is 7.59. The Hall–Kier alpha value is -3.38. The Kier molecular flexibility index (Phi) is 6.89. The van der Waals surface area contributed by atoms with Crippen LogP contribution in [-0.2, 0) is 4.79 Å². The predicted molar refractivity (Wildman–Crippen MR) is 133 cm³/mol. The zero-order valence-corrected chi connectivity index (χ0v) is 20.3. The van der Waals surface area contributed by atoms with Crippen molar-refractivity contribution in [2.24, 2.45) is 5.92 Å². The van der Waals surface area contributed by atoms with Crippen LogP contribution in [-0.4, -0.2) is 21.7 Å². The van der Waals surface area contributed by atoms with Crippen molar-refractivity contribution in [3.05, 3.63) is 88.8 Å². The van der Waals surface area contributed by atoms with Gasteiger partial charge in [-0.25, -0.2) is 9.07 Å². The maximum atomic E-state index is 13.3. The smallest absolute Gasteiger partial charge is 0.222 e. The van der Waals surface area contributed by atoms with E-state index in [2.05, 4.69) is 10.4 Å². The van der Waals surface area contributed by atoms with Crippen LogP contribution in [0.2, 0.25) is 5.02 Å². The van der Waals surface area contributed by atoms with Crippen LogP contribution < -0.4 is 10.1 Å². The number of hydrogen-bond acceptors (Lipinski definition) is 3. The zero-order valence-electron chi connectivity index (χ0n) is 19.5. The number of nitrogens with one attached hydrogen (secondary N) is 1. The highest BCUT2D eigenvalue weighted by Gasteiger charge is 2.25. The number of carbonyl (C=O) groups is 1. The second-order valence-corrected chi connectivity index (χ2v) is 9.16. The average Bonchev–Trinajstić information content (AvgIpc) is 3.23. The second-order valence-electron chi connectivity index (χ2n) is 8.75. The van der Waals surface area contributed by atoms with Gasteiger partial charge >= 0.3 is 0 Å². The topological polar surface area (TPSA) is 56.1 Å². The first-order valence-electron chi connectivity index (χ1n) is 11.2. The molecule has 0 aliphatic rings. The van der Waals surface area contributed by atoms with Gasteiger partial charge in [0.2, 0.25) is 5.91 Å². The highest BCUT2D eigenvalue weighted by Crippen LogP contribution is 2.30. The molecule has 7 heteroatoms. The van der Waals surface area contributed by atoms with Crippen molar-refractivity contribution in [3.8, 4) is 11.4 Å². The number of hydrogen-bond donors (Lipinski definition) is 1. The van der Waals surface area contributed by atoms with Gasteiger partial charge in [0.05, 0.1) is 23.4 Å². The van der Waals surface area contributed by atoms with Crippen molar-refractivity contribution >= 4 is 28.4 Å². The van der Waals surface area contributed by atoms with Crippen molar-refractivity contribution < 1.29 is 13.9 Å². The van der Waals surface area contributed by atoms with Gasteiger partial charge in [-0.3, -0.25) is 4.79 Å². The molecule has 34 heavy (non-hydrogen) atoms. The molecule has 0 saturated carbocycles. The van der Waals surface area contributed by atoms with Gasteiger partial charge in [-0.2, -0.15) is 5.10 Å². The average molecular weight is 480 g/mol. The van der Waals surface area contributed by atoms with Crippen LogP contribution in [0.25, 0.3) is 16.6 Å². The summed E-state index contributed by atoms with van der Waals surface area (Å²) in [4.78, 5) is 12.4. The molecular formula is C27H27ClFN3O2. The van der Waals surface area contributed by atoms with Gasteiger partial charge in [0.15, 0.2) is 0 Å². The molecule has 0 aliphatic carbocycles. The fraction of sp³-hybridized carbons (Fsp3) is 0.259. The second kappa shape index (κ2) is 9.85. The highest BCUT2D eigenvalue weighted by atomic mass is 35.5. The molecule has 0 saturated heterocycles. The van der Waals surface area contributed by atoms with E-state index < -0.39 is 6.10 Å². The minimum atomic E-state index is -0.428. The molecule has 0 unspecified atom stereocenters. The van der Waals surface area contributed by atoms with Gasteiger partial charge in [0, 0.05) is 16.3 Å². The van der Waals surface area contributed by atoms with Crippen LogP contribution in [0.15, 0.2) is 66.9 Å². The monoisotopic (exact) mass is 479 g/mol. The zero-order chi connectivity index (χ0) is 24.4. The molecule has 0 fully saturated rings. The first-order chi connectivity index (χ1) is 16.2. The number of aryl methyl sites for hydroxylation is 1. The standard InChI is InChI=1S/C27H27ClFN3O2/c1-16(2)27(33)31-18(4)26(19-5-11-24(28)17(3)13-19)34-23-10-12-25-20(14-23)15-30-32(25)22-8-6-21(29)7-9-22/h5-16,18,26H,1-4H3,(H,31,33)/t18-,26-/m0/s1. The van der Waals surface area contributed by atoms with E-state index in [1.807, 2.05) is 64.1 Å². The van der Waals surface area contributed by atoms with Crippen LogP contribution >= 0.6 is 11.6 Å². The summed E-state index contributed by atoms with van der Waals surface area (Å²) in [6.07, 6.45) is 1.32. The Morgan fingerprint density at radius 3 is 2.47 bits per heavy atom. The molecule has 176 valence electrons. The van der Waals surface area contributed by atoms with Crippen LogP contribution in [0.5, 0.6) is 5.75 Å². The van der Waals surface area contributed by atoms with E-state index in [1.165, 1.54) is 12.1 Å². The van der Waals surface area contributed by atoms with E-state index in [9.17, 15) is 9.18 Å². The summed E-state index contributed by atoms with van der Waals surface area (Å²) in [5.41, 5.74) is 3.50. The number of halogens is 2. The van der Waals surface area contributed by atoms with Gasteiger partial charge in [-0.15, -0.1) is 0 Å². The molecule has 0 bridgehead atoms. The minimum Gasteiger partial charge on any atom is -0.484 e. The lowest BCUT2D eigenvalue weighted by Gasteiger charge is -2.27. The highest BCUT2D eigenvalue weighted by molar-refractivity contribution is 6.31. The third-order valence-corrected chi connectivity index (χ3v) is 6.16. The lowest BCUT2D eigenvalue weighted by Crippen LogP contribution is -2.41. The summed E-state index contributed by atoms with van der Waals surface area (Å²) in [7, 11) is 0. The normalized spacial score (nSPS) is 13.1. The number of carbonyl (C=O) groups excluding carboxylic acids is 1. The van der Waals surface area contributed by atoms with Crippen molar-refractivity contribution in [1.82, 2.24) is 15.1 Å². The van der Waals surface area contributed by atoms with Crippen molar-refractivity contribution in [3.63, 3.8) is 0 Å². The number of benzene rings is 3. The summed E-state index contributed by atoms with van der Waals surface area (Å²) in [5.74, 6) is 0.180. The first kappa shape index (κ1) is 23.8. The van der Waals surface area contributed by atoms with Crippen LogP contribution in [0.3, 0.4) is 0 Å². The molecule has 5 nitrogen and oxygen atoms in total. The van der Waals surface area contributed by atoms with Crippen molar-refractivity contribution in [1.29, 1.82) is 0 Å². The summed E-state index contributed by atoms with van der Waals surface area (Å²) in [5, 5.41) is 9.07. The first-order valence-corrected chi connectivity index (χ1v) is 11.6. The molecule has 4 rings (SSSR count). The van der Waals surface area contributed by atoms with E-state index >= 15 is 0 Å². The number of amides is 1. The van der Waals surface area contributed by atoms with E-state index in [1.54, 1.807) is 23.0 Å². The fourth-order valence-electron chi connectivity index (χ4n) is 3.79. The number of ether oxygens (including phenoxy) is 1. The van der Waals surface area contributed by atoms with Crippen LogP contribution in [0.1, 0.15) is 38.0 Å². The lowest BCUT2D eigenvalue weighted by atomic mass is 10.0. The van der Waals surface area contributed by atoms with E-state index in [0.717, 1.165) is 27.7 Å². The maximum Gasteiger partial charge on any atom is 0.222 e. The van der Waals surface area contributed by atoms with Crippen molar-refractivity contribution in [2.75, 3.05) is 0 Å². The van der Waals surface area contributed by atoms with Gasteiger partial charge in [-0.1, -0.05) is 37.6 Å². The number of nitrogens with zero attached hydrogens (tertiary/aromatic N) is 2. The Balaban J connectivity index is 1.66. The maximum absolute atomic E-state index is 13.3. The Labute approximate surface area is 203 Å². The predicted octanol–water partition coefficient (Wildman–Crippen LogP) is 6.41. The van der Waals surface area contributed by atoms with E-state index in [4.69, 9.17) is 16.3 Å². The Morgan fingerprint density at radius 1 is 1.06 bits per heavy atom. The fourth-order valence-corrected chi connectivity index (χ4v) is 3.91. The number of aromatic nitrogens is 2. The lowest BCUT2D eigenvalue weighted by molar-refractivity contribution is -0.125. The molecule has 1 N–H and O–H groups in total. The molecular weight excluding hydrogens is 453 g/mol. The molecule has 2 atom stereocenters. The molecule has 0 spiro atoms. The van der Waals surface area contributed by atoms with E-state index in [0.29, 0.717) is 10.8 Å². The van der Waals surface area contributed by atoms with Gasteiger partial charge in [-0.05, 0) is 73.5 Å². The Morgan fingerprint density at radius 2 is 1.79 bits per heavy atom.